The SMILES string of the molecule is COC=CC(C)c1cc(-c2cc(N)c(NC(=O)c3ccccn3)cn2)nn1Cc1ccccc1F. The number of ether oxygens (including phenoxy) is 1. The quantitative estimate of drug-likeness (QED) is 0.362. The van der Waals surface area contributed by atoms with Crippen molar-refractivity contribution in [1.82, 2.24) is 19.7 Å². The minimum atomic E-state index is -0.387. The van der Waals surface area contributed by atoms with Gasteiger partial charge in [-0.15, -0.1) is 0 Å². The van der Waals surface area contributed by atoms with Crippen molar-refractivity contribution in [3.05, 3.63) is 102 Å². The fraction of sp³-hybridized carbons (Fsp3) is 0.154. The molecule has 4 rings (SSSR count). The predicted octanol–water partition coefficient (Wildman–Crippen LogP) is 4.63. The molecule has 0 saturated heterocycles. The molecule has 1 unspecified atom stereocenters. The van der Waals surface area contributed by atoms with Crippen molar-refractivity contribution in [2.75, 3.05) is 18.2 Å². The highest BCUT2D eigenvalue weighted by atomic mass is 19.1. The monoisotopic (exact) mass is 472 g/mol. The van der Waals surface area contributed by atoms with Crippen LogP contribution < -0.4 is 11.1 Å². The number of hydrogen-bond acceptors (Lipinski definition) is 6. The molecule has 178 valence electrons. The Morgan fingerprint density at radius 1 is 1.17 bits per heavy atom. The lowest BCUT2D eigenvalue weighted by atomic mass is 10.1. The first-order chi connectivity index (χ1) is 17.0. The van der Waals surface area contributed by atoms with Gasteiger partial charge in [0.1, 0.15) is 17.2 Å². The van der Waals surface area contributed by atoms with Gasteiger partial charge in [-0.2, -0.15) is 5.10 Å². The number of pyridine rings is 2. The van der Waals surface area contributed by atoms with Gasteiger partial charge in [0, 0.05) is 23.4 Å². The topological polar surface area (TPSA) is 108 Å². The molecule has 4 aromatic rings. The third-order valence-corrected chi connectivity index (χ3v) is 5.40. The third-order valence-electron chi connectivity index (χ3n) is 5.40. The molecule has 8 nitrogen and oxygen atoms in total. The number of benzene rings is 1. The molecule has 0 radical (unpaired) electrons. The van der Waals surface area contributed by atoms with Crippen LogP contribution in [0.2, 0.25) is 0 Å². The summed E-state index contributed by atoms with van der Waals surface area (Å²) in [7, 11) is 1.58. The first kappa shape index (κ1) is 23.6. The van der Waals surface area contributed by atoms with E-state index in [-0.39, 0.29) is 29.9 Å². The highest BCUT2D eigenvalue weighted by Gasteiger charge is 2.17. The van der Waals surface area contributed by atoms with Gasteiger partial charge in [0.05, 0.1) is 43.2 Å². The number of nitrogens with zero attached hydrogens (tertiary/aromatic N) is 4. The van der Waals surface area contributed by atoms with Crippen LogP contribution in [-0.4, -0.2) is 32.8 Å². The molecule has 1 amide bonds. The number of rotatable bonds is 8. The van der Waals surface area contributed by atoms with E-state index in [0.29, 0.717) is 28.3 Å². The number of carbonyl (C=O) groups is 1. The number of aromatic nitrogens is 4. The van der Waals surface area contributed by atoms with E-state index in [9.17, 15) is 9.18 Å². The molecular weight excluding hydrogens is 447 g/mol. The van der Waals surface area contributed by atoms with Crippen molar-refractivity contribution in [2.45, 2.75) is 19.4 Å². The van der Waals surface area contributed by atoms with Crippen LogP contribution in [0.15, 0.2) is 79.3 Å². The van der Waals surface area contributed by atoms with Crippen LogP contribution in [0.25, 0.3) is 11.4 Å². The van der Waals surface area contributed by atoms with Crippen LogP contribution in [0.3, 0.4) is 0 Å². The molecule has 0 aliphatic heterocycles. The molecule has 0 spiro atoms. The van der Waals surface area contributed by atoms with Crippen molar-refractivity contribution < 1.29 is 13.9 Å². The van der Waals surface area contributed by atoms with E-state index in [1.165, 1.54) is 18.5 Å². The second kappa shape index (κ2) is 10.6. The molecule has 0 aliphatic rings. The molecule has 3 N–H and O–H groups in total. The molecule has 3 aromatic heterocycles. The Kier molecular flexibility index (Phi) is 7.15. The normalized spacial score (nSPS) is 12.0. The van der Waals surface area contributed by atoms with Crippen LogP contribution in [-0.2, 0) is 11.3 Å². The van der Waals surface area contributed by atoms with Crippen molar-refractivity contribution in [3.63, 3.8) is 0 Å². The second-order valence-electron chi connectivity index (χ2n) is 7.88. The molecule has 1 aromatic carbocycles. The standard InChI is InChI=1S/C26H25FN6O2/c1-17(10-12-35-2)25-14-23(32-33(25)16-18-7-3-4-8-19(18)27)22-13-20(28)24(15-30-22)31-26(34)21-9-5-6-11-29-21/h3-15,17H,16H2,1-2H3,(H2,28,30)(H,31,34). The lowest BCUT2D eigenvalue weighted by Crippen LogP contribution is -2.14. The van der Waals surface area contributed by atoms with E-state index >= 15 is 0 Å². The average Bonchev–Trinajstić information content (AvgIpc) is 3.29. The van der Waals surface area contributed by atoms with Crippen LogP contribution in [0.1, 0.15) is 34.6 Å². The zero-order valence-electron chi connectivity index (χ0n) is 19.4. The van der Waals surface area contributed by atoms with E-state index in [2.05, 4.69) is 20.4 Å². The Morgan fingerprint density at radius 2 is 1.97 bits per heavy atom. The third kappa shape index (κ3) is 5.52. The van der Waals surface area contributed by atoms with Crippen LogP contribution >= 0.6 is 0 Å². The molecule has 0 aliphatic carbocycles. The number of amides is 1. The Bertz CT molecular complexity index is 1350. The van der Waals surface area contributed by atoms with E-state index in [0.717, 1.165) is 5.69 Å². The van der Waals surface area contributed by atoms with Gasteiger partial charge in [0.25, 0.3) is 5.91 Å². The minimum Gasteiger partial charge on any atom is -0.505 e. The molecular formula is C26H25FN6O2. The van der Waals surface area contributed by atoms with Crippen LogP contribution in [0, 0.1) is 5.82 Å². The van der Waals surface area contributed by atoms with Gasteiger partial charge in [0.2, 0.25) is 0 Å². The summed E-state index contributed by atoms with van der Waals surface area (Å²) >= 11 is 0. The number of carbonyl (C=O) groups excluding carboxylic acids is 1. The maximum absolute atomic E-state index is 14.3. The summed E-state index contributed by atoms with van der Waals surface area (Å²) in [5, 5.41) is 7.41. The largest absolute Gasteiger partial charge is 0.505 e. The highest BCUT2D eigenvalue weighted by molar-refractivity contribution is 6.04. The van der Waals surface area contributed by atoms with Gasteiger partial charge in [-0.1, -0.05) is 31.2 Å². The van der Waals surface area contributed by atoms with E-state index in [1.807, 2.05) is 19.1 Å². The maximum atomic E-state index is 14.3. The summed E-state index contributed by atoms with van der Waals surface area (Å²) in [6.45, 7) is 2.24. The Morgan fingerprint density at radius 3 is 2.69 bits per heavy atom. The van der Waals surface area contributed by atoms with Crippen molar-refractivity contribution in [2.24, 2.45) is 0 Å². The zero-order chi connectivity index (χ0) is 24.8. The van der Waals surface area contributed by atoms with E-state index in [1.54, 1.807) is 60.5 Å². The molecule has 0 fully saturated rings. The smallest absolute Gasteiger partial charge is 0.274 e. The Hall–Kier alpha value is -4.53. The summed E-state index contributed by atoms with van der Waals surface area (Å²) in [6, 6.07) is 15.2. The summed E-state index contributed by atoms with van der Waals surface area (Å²) in [6.07, 6.45) is 6.50. The lowest BCUT2D eigenvalue weighted by Gasteiger charge is -2.11. The first-order valence-corrected chi connectivity index (χ1v) is 10.9. The second-order valence-corrected chi connectivity index (χ2v) is 7.88. The summed E-state index contributed by atoms with van der Waals surface area (Å²) < 4.78 is 21.1. The number of halogens is 1. The maximum Gasteiger partial charge on any atom is 0.274 e. The van der Waals surface area contributed by atoms with Gasteiger partial charge in [-0.05, 0) is 36.4 Å². The van der Waals surface area contributed by atoms with Crippen molar-refractivity contribution in [1.29, 1.82) is 0 Å². The van der Waals surface area contributed by atoms with Gasteiger partial charge in [0.15, 0.2) is 0 Å². The van der Waals surface area contributed by atoms with Gasteiger partial charge >= 0.3 is 0 Å². The number of hydrogen-bond donors (Lipinski definition) is 2. The van der Waals surface area contributed by atoms with Crippen molar-refractivity contribution in [3.8, 4) is 11.4 Å². The number of nitrogen functional groups attached to an aromatic ring is 1. The average molecular weight is 473 g/mol. The summed E-state index contributed by atoms with van der Waals surface area (Å²) in [5.74, 6) is -0.745. The molecule has 3 heterocycles. The molecule has 0 saturated carbocycles. The fourth-order valence-corrected chi connectivity index (χ4v) is 3.53. The highest BCUT2D eigenvalue weighted by Crippen LogP contribution is 2.28. The molecule has 1 atom stereocenters. The Labute approximate surface area is 202 Å². The van der Waals surface area contributed by atoms with Gasteiger partial charge in [-0.25, -0.2) is 4.39 Å². The number of nitrogens with one attached hydrogen (secondary N) is 1. The minimum absolute atomic E-state index is 0.0581. The van der Waals surface area contributed by atoms with Crippen molar-refractivity contribution >= 4 is 17.3 Å². The number of allylic oxidation sites excluding steroid dienone is 1. The molecule has 0 bridgehead atoms. The predicted molar refractivity (Wildman–Crippen MR) is 132 cm³/mol. The van der Waals surface area contributed by atoms with E-state index < -0.39 is 0 Å². The van der Waals surface area contributed by atoms with Crippen LogP contribution in [0.5, 0.6) is 0 Å². The summed E-state index contributed by atoms with van der Waals surface area (Å²) in [4.78, 5) is 20.9. The molecule has 35 heavy (non-hydrogen) atoms. The fourth-order valence-electron chi connectivity index (χ4n) is 3.53. The lowest BCUT2D eigenvalue weighted by molar-refractivity contribution is 0.102. The first-order valence-electron chi connectivity index (χ1n) is 10.9. The number of nitrogens with two attached hydrogens (primary N) is 1. The zero-order valence-corrected chi connectivity index (χ0v) is 19.4. The Balaban J connectivity index is 1.64. The number of methoxy groups -OCH3 is 1. The number of anilines is 2. The molecule has 9 heteroatoms. The summed E-state index contributed by atoms with van der Waals surface area (Å²) in [5.41, 5.74) is 9.65. The van der Waals surface area contributed by atoms with Gasteiger partial charge < -0.3 is 15.8 Å². The van der Waals surface area contributed by atoms with Crippen LogP contribution in [0.4, 0.5) is 15.8 Å². The van der Waals surface area contributed by atoms with Gasteiger partial charge in [-0.3, -0.25) is 19.4 Å². The van der Waals surface area contributed by atoms with E-state index in [4.69, 9.17) is 10.5 Å².